The van der Waals surface area contributed by atoms with Crippen molar-refractivity contribution in [2.75, 3.05) is 5.73 Å². The minimum atomic E-state index is -2.70. The van der Waals surface area contributed by atoms with E-state index in [-0.39, 0.29) is 5.82 Å². The summed E-state index contributed by atoms with van der Waals surface area (Å²) < 4.78 is 24.7. The van der Waals surface area contributed by atoms with Gasteiger partial charge in [0, 0.05) is 5.39 Å². The molecule has 0 saturated heterocycles. The third-order valence-corrected chi connectivity index (χ3v) is 2.09. The number of hydrogen-bond donors (Lipinski definition) is 1. The SMILES string of the molecule is Cc1ccc2nc(C(F)F)nc(N)c2c1. The summed E-state index contributed by atoms with van der Waals surface area (Å²) in [5.41, 5.74) is 7.02. The van der Waals surface area contributed by atoms with E-state index in [1.54, 1.807) is 18.2 Å². The van der Waals surface area contributed by atoms with E-state index in [4.69, 9.17) is 5.73 Å². The van der Waals surface area contributed by atoms with Gasteiger partial charge in [0.2, 0.25) is 0 Å². The van der Waals surface area contributed by atoms with Gasteiger partial charge in [-0.25, -0.2) is 18.7 Å². The molecule has 0 unspecified atom stereocenters. The van der Waals surface area contributed by atoms with Gasteiger partial charge in [-0.2, -0.15) is 0 Å². The second-order valence-corrected chi connectivity index (χ2v) is 3.29. The van der Waals surface area contributed by atoms with Gasteiger partial charge in [0.25, 0.3) is 6.43 Å². The number of aromatic nitrogens is 2. The van der Waals surface area contributed by atoms with Gasteiger partial charge in [-0.3, -0.25) is 0 Å². The minimum Gasteiger partial charge on any atom is -0.383 e. The van der Waals surface area contributed by atoms with Crippen molar-refractivity contribution in [2.24, 2.45) is 0 Å². The van der Waals surface area contributed by atoms with Crippen molar-refractivity contribution in [3.05, 3.63) is 29.6 Å². The lowest BCUT2D eigenvalue weighted by Gasteiger charge is -2.05. The molecule has 78 valence electrons. The molecule has 1 aromatic heterocycles. The second kappa shape index (κ2) is 3.42. The van der Waals surface area contributed by atoms with Gasteiger partial charge in [-0.05, 0) is 19.1 Å². The number of alkyl halides is 2. The molecule has 5 heteroatoms. The molecule has 0 atom stereocenters. The molecule has 15 heavy (non-hydrogen) atoms. The Morgan fingerprint density at radius 3 is 2.67 bits per heavy atom. The Balaban J connectivity index is 2.73. The minimum absolute atomic E-state index is 0.0963. The molecule has 0 amide bonds. The normalized spacial score (nSPS) is 11.2. The van der Waals surface area contributed by atoms with Gasteiger partial charge in [-0.15, -0.1) is 0 Å². The van der Waals surface area contributed by atoms with Crippen molar-refractivity contribution in [3.63, 3.8) is 0 Å². The van der Waals surface area contributed by atoms with Crippen LogP contribution in [-0.2, 0) is 0 Å². The molecule has 2 aromatic rings. The highest BCUT2D eigenvalue weighted by molar-refractivity contribution is 5.88. The zero-order valence-electron chi connectivity index (χ0n) is 8.04. The van der Waals surface area contributed by atoms with Gasteiger partial charge >= 0.3 is 0 Å². The molecular formula is C10H9F2N3. The van der Waals surface area contributed by atoms with Gasteiger partial charge < -0.3 is 5.73 Å². The fourth-order valence-electron chi connectivity index (χ4n) is 1.38. The van der Waals surface area contributed by atoms with Gasteiger partial charge in [0.1, 0.15) is 5.82 Å². The van der Waals surface area contributed by atoms with Crippen molar-refractivity contribution < 1.29 is 8.78 Å². The number of rotatable bonds is 1. The van der Waals surface area contributed by atoms with Crippen LogP contribution < -0.4 is 5.73 Å². The molecule has 0 fully saturated rings. The lowest BCUT2D eigenvalue weighted by atomic mass is 10.1. The molecule has 1 aromatic carbocycles. The Morgan fingerprint density at radius 2 is 2.00 bits per heavy atom. The summed E-state index contributed by atoms with van der Waals surface area (Å²) in [5.74, 6) is -0.428. The Labute approximate surface area is 85.0 Å². The van der Waals surface area contributed by atoms with Crippen LogP contribution in [0.5, 0.6) is 0 Å². The maximum Gasteiger partial charge on any atom is 0.297 e. The van der Waals surface area contributed by atoms with Crippen LogP contribution in [0, 0.1) is 6.92 Å². The van der Waals surface area contributed by atoms with Crippen molar-refractivity contribution in [1.82, 2.24) is 9.97 Å². The number of anilines is 1. The number of aryl methyl sites for hydroxylation is 1. The second-order valence-electron chi connectivity index (χ2n) is 3.29. The summed E-state index contributed by atoms with van der Waals surface area (Å²) in [5, 5.41) is 0.611. The summed E-state index contributed by atoms with van der Waals surface area (Å²) >= 11 is 0. The summed E-state index contributed by atoms with van der Waals surface area (Å²) in [6.07, 6.45) is -2.70. The largest absolute Gasteiger partial charge is 0.383 e. The van der Waals surface area contributed by atoms with E-state index in [9.17, 15) is 8.78 Å². The van der Waals surface area contributed by atoms with Crippen LogP contribution in [0.3, 0.4) is 0 Å². The predicted molar refractivity (Wildman–Crippen MR) is 53.6 cm³/mol. The Hall–Kier alpha value is -1.78. The van der Waals surface area contributed by atoms with Gasteiger partial charge in [0.05, 0.1) is 5.52 Å². The third kappa shape index (κ3) is 1.72. The summed E-state index contributed by atoms with van der Waals surface area (Å²) in [6, 6.07) is 5.23. The zero-order chi connectivity index (χ0) is 11.0. The first kappa shape index (κ1) is 9.76. The average molecular weight is 209 g/mol. The van der Waals surface area contributed by atoms with Crippen LogP contribution in [0.4, 0.5) is 14.6 Å². The number of nitrogens with two attached hydrogens (primary N) is 1. The molecule has 0 aliphatic carbocycles. The Kier molecular flexibility index (Phi) is 2.22. The van der Waals surface area contributed by atoms with E-state index in [2.05, 4.69) is 9.97 Å². The topological polar surface area (TPSA) is 51.8 Å². The fourth-order valence-corrected chi connectivity index (χ4v) is 1.38. The summed E-state index contributed by atoms with van der Waals surface area (Å²) in [7, 11) is 0. The number of nitrogens with zero attached hydrogens (tertiary/aromatic N) is 2. The van der Waals surface area contributed by atoms with Crippen LogP contribution in [0.25, 0.3) is 10.9 Å². The highest BCUT2D eigenvalue weighted by Crippen LogP contribution is 2.23. The summed E-state index contributed by atoms with van der Waals surface area (Å²) in [6.45, 7) is 1.89. The van der Waals surface area contributed by atoms with Gasteiger partial charge in [-0.1, -0.05) is 11.6 Å². The van der Waals surface area contributed by atoms with Crippen LogP contribution in [0.2, 0.25) is 0 Å². The standard InChI is InChI=1S/C10H9F2N3/c1-5-2-3-7-6(4-5)9(13)15-10(14-7)8(11)12/h2-4,8H,1H3,(H2,13,14,15). The van der Waals surface area contributed by atoms with E-state index in [0.717, 1.165) is 5.56 Å². The molecule has 0 radical (unpaired) electrons. The smallest absolute Gasteiger partial charge is 0.297 e. The highest BCUT2D eigenvalue weighted by Gasteiger charge is 2.13. The van der Waals surface area contributed by atoms with E-state index in [1.807, 2.05) is 6.92 Å². The molecular weight excluding hydrogens is 200 g/mol. The van der Waals surface area contributed by atoms with Gasteiger partial charge in [0.15, 0.2) is 5.82 Å². The Bertz CT molecular complexity index is 511. The first-order valence-corrected chi connectivity index (χ1v) is 4.40. The van der Waals surface area contributed by atoms with Crippen molar-refractivity contribution in [2.45, 2.75) is 13.3 Å². The molecule has 0 bridgehead atoms. The van der Waals surface area contributed by atoms with Crippen LogP contribution in [0.1, 0.15) is 17.8 Å². The first-order valence-electron chi connectivity index (χ1n) is 4.40. The maximum atomic E-state index is 12.4. The molecule has 0 spiro atoms. The highest BCUT2D eigenvalue weighted by atomic mass is 19.3. The lowest BCUT2D eigenvalue weighted by Crippen LogP contribution is -2.01. The third-order valence-electron chi connectivity index (χ3n) is 2.09. The molecule has 1 heterocycles. The summed E-state index contributed by atoms with van der Waals surface area (Å²) in [4.78, 5) is 7.29. The van der Waals surface area contributed by atoms with E-state index >= 15 is 0 Å². The first-order chi connectivity index (χ1) is 7.08. The molecule has 3 nitrogen and oxygen atoms in total. The maximum absolute atomic E-state index is 12.4. The number of benzene rings is 1. The van der Waals surface area contributed by atoms with E-state index in [1.165, 1.54) is 0 Å². The van der Waals surface area contributed by atoms with Crippen LogP contribution in [0.15, 0.2) is 18.2 Å². The molecule has 2 N–H and O–H groups in total. The van der Waals surface area contributed by atoms with E-state index < -0.39 is 12.2 Å². The number of halogens is 2. The molecule has 0 saturated carbocycles. The number of fused-ring (bicyclic) bond motifs is 1. The van der Waals surface area contributed by atoms with Crippen LogP contribution in [-0.4, -0.2) is 9.97 Å². The molecule has 0 aliphatic rings. The molecule has 2 rings (SSSR count). The van der Waals surface area contributed by atoms with Crippen LogP contribution >= 0.6 is 0 Å². The van der Waals surface area contributed by atoms with E-state index in [0.29, 0.717) is 10.9 Å². The molecule has 0 aliphatic heterocycles. The predicted octanol–water partition coefficient (Wildman–Crippen LogP) is 2.46. The fraction of sp³-hybridized carbons (Fsp3) is 0.200. The monoisotopic (exact) mass is 209 g/mol. The quantitative estimate of drug-likeness (QED) is 0.784. The number of nitrogen functional groups attached to an aromatic ring is 1. The van der Waals surface area contributed by atoms with Crippen molar-refractivity contribution in [3.8, 4) is 0 Å². The number of hydrogen-bond acceptors (Lipinski definition) is 3. The Morgan fingerprint density at radius 1 is 1.27 bits per heavy atom. The average Bonchev–Trinajstić information content (AvgIpc) is 2.18. The zero-order valence-corrected chi connectivity index (χ0v) is 8.04. The van der Waals surface area contributed by atoms with Crippen molar-refractivity contribution >= 4 is 16.7 Å². The lowest BCUT2D eigenvalue weighted by molar-refractivity contribution is 0.141. The van der Waals surface area contributed by atoms with Crippen molar-refractivity contribution in [1.29, 1.82) is 0 Å².